The first-order valence-electron chi connectivity index (χ1n) is 17.3. The fourth-order valence-corrected chi connectivity index (χ4v) is 7.08. The predicted molar refractivity (Wildman–Crippen MR) is 209 cm³/mol. The lowest BCUT2D eigenvalue weighted by atomic mass is 9.98. The van der Waals surface area contributed by atoms with Gasteiger partial charge in [0.25, 0.3) is 0 Å². The Kier molecular flexibility index (Phi) is 9.19. The van der Waals surface area contributed by atoms with Gasteiger partial charge in [0.2, 0.25) is 22.1 Å². The van der Waals surface area contributed by atoms with E-state index in [0.717, 1.165) is 88.9 Å². The van der Waals surface area contributed by atoms with Gasteiger partial charge in [-0.25, -0.2) is 19.9 Å². The number of halogens is 3. The first-order valence-corrected chi connectivity index (χ1v) is 18.7. The van der Waals surface area contributed by atoms with Crippen molar-refractivity contribution < 1.29 is 35.3 Å². The molecule has 9 rings (SSSR count). The summed E-state index contributed by atoms with van der Waals surface area (Å²) >= 11 is 0. The van der Waals surface area contributed by atoms with Crippen LogP contribution in [0.15, 0.2) is 146 Å². The first-order chi connectivity index (χ1) is 26.9. The number of hydrogen-bond donors (Lipinski definition) is 1. The van der Waals surface area contributed by atoms with Crippen molar-refractivity contribution in [1.82, 2.24) is 19.9 Å². The molecule has 0 radical (unpaired) electrons. The molecular formula is C43H31F3N6O3S+2. The molecule has 0 unspecified atom stereocenters. The summed E-state index contributed by atoms with van der Waals surface area (Å²) in [5.74, 6) is 0. The molecule has 9 aromatic rings. The molecule has 0 spiro atoms. The molecule has 0 saturated carbocycles. The van der Waals surface area contributed by atoms with Crippen molar-refractivity contribution in [2.75, 3.05) is 0 Å². The highest BCUT2D eigenvalue weighted by Gasteiger charge is 2.44. The number of aromatic nitrogens is 6. The Hall–Kier alpha value is -6.70. The molecule has 0 atom stereocenters. The highest BCUT2D eigenvalue weighted by Crippen LogP contribution is 2.36. The van der Waals surface area contributed by atoms with E-state index in [-0.39, 0.29) is 0 Å². The second kappa shape index (κ2) is 14.2. The Balaban J connectivity index is 0.000000500. The normalized spacial score (nSPS) is 11.9. The van der Waals surface area contributed by atoms with Gasteiger partial charge >= 0.3 is 15.6 Å². The summed E-state index contributed by atoms with van der Waals surface area (Å²) in [5.41, 5.74) is 6.15. The van der Waals surface area contributed by atoms with Crippen LogP contribution in [-0.4, -0.2) is 38.4 Å². The number of hydrogen-bond acceptors (Lipinski definition) is 6. The van der Waals surface area contributed by atoms with Gasteiger partial charge < -0.3 is 0 Å². The minimum absolute atomic E-state index is 0.742. The Morgan fingerprint density at radius 3 is 1.11 bits per heavy atom. The molecule has 4 aromatic carbocycles. The number of benzene rings is 4. The van der Waals surface area contributed by atoms with Gasteiger partial charge in [0.1, 0.15) is 20.4 Å². The van der Waals surface area contributed by atoms with E-state index in [0.29, 0.717) is 0 Å². The van der Waals surface area contributed by atoms with Crippen LogP contribution >= 0.6 is 0 Å². The summed E-state index contributed by atoms with van der Waals surface area (Å²) in [6, 6.07) is 48.3. The molecule has 56 heavy (non-hydrogen) atoms. The lowest BCUT2D eigenvalue weighted by Gasteiger charge is -2.12. The van der Waals surface area contributed by atoms with Gasteiger partial charge in [-0.1, -0.05) is 60.7 Å². The summed E-state index contributed by atoms with van der Waals surface area (Å²) in [6.07, 6.45) is 1.61. The Morgan fingerprint density at radius 2 is 0.786 bits per heavy atom. The summed E-state index contributed by atoms with van der Waals surface area (Å²) in [4.78, 5) is 19.7. The maximum Gasteiger partial charge on any atom is 0.522 e. The molecule has 0 saturated heterocycles. The molecule has 0 amide bonds. The Bertz CT molecular complexity index is 2810. The zero-order valence-electron chi connectivity index (χ0n) is 29.8. The van der Waals surface area contributed by atoms with Crippen LogP contribution in [0.4, 0.5) is 13.2 Å². The minimum atomic E-state index is -5.84. The Labute approximate surface area is 318 Å². The van der Waals surface area contributed by atoms with Crippen molar-refractivity contribution in [3.05, 3.63) is 146 Å². The monoisotopic (exact) mass is 768 g/mol. The maximum absolute atomic E-state index is 10.7. The molecule has 5 heterocycles. The topological polar surface area (TPSA) is 114 Å². The number of para-hydroxylation sites is 4. The van der Waals surface area contributed by atoms with Gasteiger partial charge in [-0.05, 0) is 54.6 Å². The van der Waals surface area contributed by atoms with E-state index >= 15 is 0 Å². The second-order valence-corrected chi connectivity index (χ2v) is 14.4. The summed E-state index contributed by atoms with van der Waals surface area (Å²) in [7, 11) is -1.61. The third kappa shape index (κ3) is 6.56. The molecular weight excluding hydrogens is 738 g/mol. The molecule has 0 aliphatic carbocycles. The van der Waals surface area contributed by atoms with E-state index in [1.54, 1.807) is 6.33 Å². The smallest absolute Gasteiger partial charge is 0.279 e. The largest absolute Gasteiger partial charge is 0.522 e. The standard InChI is InChI=1S/C42H30N6.CHF3O3S/c1-47-37-21-7-3-13-27(37)41(28-14-4-8-22-38(28)47)33-19-11-17-31(45-33)35-25-36(44-26-43-35)32-18-12-20-34(46-32)42-29-15-5-9-23-39(29)48(2)40-24-10-6-16-30(40)42;2-1(3,4)8(5,6)7/h3-26H,1-2H3;(H,5,6,7)/q+2;. The van der Waals surface area contributed by atoms with Crippen molar-refractivity contribution in [2.24, 2.45) is 14.1 Å². The van der Waals surface area contributed by atoms with Gasteiger partial charge in [-0.3, -0.25) is 4.55 Å². The molecule has 0 aliphatic rings. The number of alkyl halides is 3. The van der Waals surface area contributed by atoms with Crippen molar-refractivity contribution in [3.8, 4) is 45.3 Å². The third-order valence-corrected chi connectivity index (χ3v) is 10.2. The zero-order chi connectivity index (χ0) is 39.2. The molecule has 0 fully saturated rings. The van der Waals surface area contributed by atoms with Gasteiger partial charge in [0, 0.05) is 35.4 Å². The van der Waals surface area contributed by atoms with Crippen LogP contribution in [0.3, 0.4) is 0 Å². The van der Waals surface area contributed by atoms with Crippen molar-refractivity contribution in [3.63, 3.8) is 0 Å². The molecule has 5 aromatic heterocycles. The van der Waals surface area contributed by atoms with E-state index in [4.69, 9.17) is 22.9 Å². The first kappa shape index (κ1) is 36.3. The van der Waals surface area contributed by atoms with Crippen LogP contribution in [0.2, 0.25) is 0 Å². The van der Waals surface area contributed by atoms with Gasteiger partial charge in [-0.15, -0.1) is 0 Å². The number of rotatable bonds is 4. The number of aryl methyl sites for hydroxylation is 2. The van der Waals surface area contributed by atoms with Crippen LogP contribution in [0, 0.1) is 0 Å². The summed E-state index contributed by atoms with van der Waals surface area (Å²) in [5, 5.41) is 4.62. The number of pyridine rings is 4. The number of fused-ring (bicyclic) bond motifs is 4. The van der Waals surface area contributed by atoms with Crippen LogP contribution in [0.5, 0.6) is 0 Å². The Morgan fingerprint density at radius 1 is 0.482 bits per heavy atom. The molecule has 1 N–H and O–H groups in total. The lowest BCUT2D eigenvalue weighted by Crippen LogP contribution is -2.30. The highest BCUT2D eigenvalue weighted by atomic mass is 32.2. The minimum Gasteiger partial charge on any atom is -0.279 e. The highest BCUT2D eigenvalue weighted by molar-refractivity contribution is 7.86. The number of nitrogens with zero attached hydrogens (tertiary/aromatic N) is 6. The van der Waals surface area contributed by atoms with Gasteiger partial charge in [0.15, 0.2) is 0 Å². The quantitative estimate of drug-likeness (QED) is 0.0826. The predicted octanol–water partition coefficient (Wildman–Crippen LogP) is 8.59. The van der Waals surface area contributed by atoms with E-state index in [1.807, 2.05) is 18.2 Å². The van der Waals surface area contributed by atoms with Gasteiger partial charge in [0.05, 0.1) is 55.7 Å². The van der Waals surface area contributed by atoms with Crippen molar-refractivity contribution in [2.45, 2.75) is 5.51 Å². The van der Waals surface area contributed by atoms with E-state index < -0.39 is 15.6 Å². The molecule has 276 valence electrons. The zero-order valence-corrected chi connectivity index (χ0v) is 30.7. The average Bonchev–Trinajstić information content (AvgIpc) is 3.21. The van der Waals surface area contributed by atoms with Crippen molar-refractivity contribution in [1.29, 1.82) is 0 Å². The molecule has 9 nitrogen and oxygen atoms in total. The van der Waals surface area contributed by atoms with Crippen LogP contribution < -0.4 is 9.13 Å². The molecule has 13 heteroatoms. The van der Waals surface area contributed by atoms with Crippen molar-refractivity contribution >= 4 is 53.7 Å². The van der Waals surface area contributed by atoms with Gasteiger partial charge in [-0.2, -0.15) is 30.7 Å². The van der Waals surface area contributed by atoms with Crippen LogP contribution in [0.1, 0.15) is 0 Å². The van der Waals surface area contributed by atoms with Crippen LogP contribution in [0.25, 0.3) is 88.9 Å². The summed E-state index contributed by atoms with van der Waals surface area (Å²) in [6.45, 7) is 0. The maximum atomic E-state index is 10.7. The lowest BCUT2D eigenvalue weighted by molar-refractivity contribution is -0.617. The molecule has 0 aliphatic heterocycles. The van der Waals surface area contributed by atoms with Crippen LogP contribution in [-0.2, 0) is 24.2 Å². The summed E-state index contributed by atoms with van der Waals surface area (Å²) < 4.78 is 62.0. The SMILES string of the molecule is C[n+]1c2ccccc2c(-c2cccc(-c3cc(-c4cccc(-c5c6ccccc6[n+](C)c6ccccc56)n4)ncn3)n2)c2ccccc21.O=S(=O)(O)C(F)(F)F. The van der Waals surface area contributed by atoms with E-state index in [2.05, 4.69) is 155 Å². The van der Waals surface area contributed by atoms with E-state index in [9.17, 15) is 13.2 Å². The second-order valence-electron chi connectivity index (χ2n) is 13.0. The average molecular weight is 769 g/mol. The molecule has 0 bridgehead atoms. The van der Waals surface area contributed by atoms with E-state index in [1.165, 1.54) is 0 Å². The fourth-order valence-electron chi connectivity index (χ4n) is 7.08. The fraction of sp³-hybridized carbons (Fsp3) is 0.0698. The third-order valence-electron chi connectivity index (χ3n) is 9.63.